The zero-order valence-corrected chi connectivity index (χ0v) is 35.0. The number of carboxylic acid groups (broad SMARTS) is 1. The molecule has 296 valence electrons. The number of carbonyl (C=O) groups excluding carboxylic acids is 1. The lowest BCUT2D eigenvalue weighted by atomic mass is 9.86. The highest BCUT2D eigenvalue weighted by Crippen LogP contribution is 2.43. The molecule has 0 spiro atoms. The topological polar surface area (TPSA) is 141 Å². The van der Waals surface area contributed by atoms with E-state index in [0.717, 1.165) is 61.8 Å². The number of carboxylic acids is 1. The lowest BCUT2D eigenvalue weighted by Crippen LogP contribution is -2.49. The number of aryl methyl sites for hydroxylation is 1. The lowest BCUT2D eigenvalue weighted by Gasteiger charge is -2.38. The minimum Gasteiger partial charge on any atom is -0.478 e. The van der Waals surface area contributed by atoms with E-state index in [1.807, 2.05) is 82.9 Å². The fourth-order valence-electron chi connectivity index (χ4n) is 7.83. The van der Waals surface area contributed by atoms with Crippen molar-refractivity contribution in [2.75, 3.05) is 45.0 Å². The van der Waals surface area contributed by atoms with Crippen LogP contribution >= 0.6 is 0 Å². The number of aromatic carboxylic acids is 1. The first-order valence-corrected chi connectivity index (χ1v) is 22.5. The molecule has 0 fully saturated rings. The third-order valence-corrected chi connectivity index (χ3v) is 14.6. The summed E-state index contributed by atoms with van der Waals surface area (Å²) in [6.45, 7) is 5.62. The van der Waals surface area contributed by atoms with Crippen molar-refractivity contribution in [2.24, 2.45) is 0 Å². The summed E-state index contributed by atoms with van der Waals surface area (Å²) in [7, 11) is 5.85. The maximum atomic E-state index is 13.7. The molecule has 13 heteroatoms. The van der Waals surface area contributed by atoms with E-state index in [2.05, 4.69) is 89.9 Å². The van der Waals surface area contributed by atoms with Crippen LogP contribution in [0.3, 0.4) is 0 Å². The van der Waals surface area contributed by atoms with Gasteiger partial charge in [0, 0.05) is 67.2 Å². The van der Waals surface area contributed by atoms with Crippen LogP contribution in [-0.2, 0) is 6.54 Å². The third kappa shape index (κ3) is 7.59. The van der Waals surface area contributed by atoms with Gasteiger partial charge in [0.25, 0.3) is 5.91 Å². The molecule has 1 amide bonds. The Balaban J connectivity index is 1.00. The monoisotopic (exact) mass is 800 g/mol. The molecule has 4 aromatic carbocycles. The molecule has 59 heavy (non-hydrogen) atoms. The van der Waals surface area contributed by atoms with Crippen molar-refractivity contribution in [2.45, 2.75) is 26.1 Å². The Labute approximate surface area is 344 Å². The number of benzene rings is 4. The Morgan fingerprint density at radius 3 is 2.54 bits per heavy atom. The number of aromatic nitrogens is 5. The van der Waals surface area contributed by atoms with E-state index in [1.165, 1.54) is 10.4 Å². The molecule has 2 aromatic heterocycles. The molecule has 12 nitrogen and oxygen atoms in total. The van der Waals surface area contributed by atoms with Gasteiger partial charge in [-0.1, -0.05) is 48.6 Å². The van der Waals surface area contributed by atoms with Gasteiger partial charge < -0.3 is 20.6 Å². The summed E-state index contributed by atoms with van der Waals surface area (Å²) in [5, 5.41) is 29.1. The van der Waals surface area contributed by atoms with Gasteiger partial charge in [0.1, 0.15) is 40.0 Å². The smallest absolute Gasteiger partial charge is 0.336 e. The minimum absolute atomic E-state index is 0.147. The largest absolute Gasteiger partial charge is 0.478 e. The number of allylic oxidation sites excluding steroid dienone is 5. The van der Waals surface area contributed by atoms with E-state index < -0.39 is 14.0 Å². The second-order valence-electron chi connectivity index (χ2n) is 15.7. The first-order valence-electron chi connectivity index (χ1n) is 19.5. The molecule has 0 saturated heterocycles. The summed E-state index contributed by atoms with van der Waals surface area (Å²) >= 11 is 0. The number of para-hydroxylation sites is 1. The first-order chi connectivity index (χ1) is 28.4. The number of nitrogens with one attached hydrogen (secondary N) is 2. The number of anilines is 3. The van der Waals surface area contributed by atoms with Crippen LogP contribution in [0.1, 0.15) is 38.3 Å². The second-order valence-corrected chi connectivity index (χ2v) is 20.1. The molecule has 3 heterocycles. The van der Waals surface area contributed by atoms with Gasteiger partial charge in [-0.15, -0.1) is 5.10 Å². The van der Waals surface area contributed by atoms with Gasteiger partial charge in [-0.2, -0.15) is 0 Å². The number of hydrogen-bond donors (Lipinski definition) is 3. The molecule has 0 saturated carbocycles. The quantitative estimate of drug-likeness (QED) is 0.0743. The Hall–Kier alpha value is -6.99. The van der Waals surface area contributed by atoms with E-state index in [4.69, 9.17) is 0 Å². The molecule has 3 N–H and O–H groups in total. The average Bonchev–Trinajstić information content (AvgIpc) is 3.71. The predicted octanol–water partition coefficient (Wildman–Crippen LogP) is 6.70. The Morgan fingerprint density at radius 1 is 0.915 bits per heavy atom. The van der Waals surface area contributed by atoms with Gasteiger partial charge in [0.2, 0.25) is 0 Å². The average molecular weight is 801 g/mol. The molecule has 0 bridgehead atoms. The van der Waals surface area contributed by atoms with Crippen molar-refractivity contribution < 1.29 is 19.3 Å². The van der Waals surface area contributed by atoms with Gasteiger partial charge in [-0.3, -0.25) is 9.48 Å². The van der Waals surface area contributed by atoms with E-state index in [0.29, 0.717) is 30.6 Å². The molecule has 0 atom stereocenters. The maximum Gasteiger partial charge on any atom is 0.336 e. The van der Waals surface area contributed by atoms with Crippen LogP contribution in [0.15, 0.2) is 126 Å². The summed E-state index contributed by atoms with van der Waals surface area (Å²) in [6, 6.07) is 27.1. The highest BCUT2D eigenvalue weighted by atomic mass is 28.3. The van der Waals surface area contributed by atoms with E-state index >= 15 is 0 Å². The molecule has 1 aliphatic heterocycles. The van der Waals surface area contributed by atoms with Crippen molar-refractivity contribution in [3.8, 4) is 11.3 Å². The third-order valence-electron chi connectivity index (χ3n) is 11.1. The molecule has 0 unspecified atom stereocenters. The number of fused-ring (bicyclic) bond motifs is 3. The van der Waals surface area contributed by atoms with Crippen LogP contribution in [0, 0.1) is 0 Å². The van der Waals surface area contributed by atoms with Crippen molar-refractivity contribution in [1.82, 2.24) is 30.3 Å². The van der Waals surface area contributed by atoms with Crippen LogP contribution in [0.4, 0.5) is 17.2 Å². The highest BCUT2D eigenvalue weighted by molar-refractivity contribution is 6.98. The van der Waals surface area contributed by atoms with Gasteiger partial charge in [-0.05, 0) is 99.8 Å². The van der Waals surface area contributed by atoms with Crippen LogP contribution in [-0.4, -0.2) is 95.0 Å². The van der Waals surface area contributed by atoms with Crippen LogP contribution in [0.5, 0.6) is 0 Å². The number of amides is 1. The number of nitrogens with zero attached hydrogens (tertiary/aromatic N) is 7. The SMILES string of the molecule is CN(C)c1ccc2c(c1)[Si](C)(C)C1=CC(=[N+](C)C)C=CC1=C2c1cc(C(=O)NCCCn2cc(-c3cccc(Nc4ncnc5ccccc45)c3)nn2)ccc1C(=O)O. The summed E-state index contributed by atoms with van der Waals surface area (Å²) < 4.78 is 3.86. The summed E-state index contributed by atoms with van der Waals surface area (Å²) in [5.41, 5.74) is 9.42. The van der Waals surface area contributed by atoms with Crippen molar-refractivity contribution >= 4 is 64.5 Å². The maximum absolute atomic E-state index is 13.7. The number of carbonyl (C=O) groups is 2. The molecule has 1 aliphatic carbocycles. The summed E-state index contributed by atoms with van der Waals surface area (Å²) in [6.07, 6.45) is 10.5. The molecule has 6 aromatic rings. The fraction of sp³-hybridized carbons (Fsp3) is 0.196. The molecule has 2 aliphatic rings. The Kier molecular flexibility index (Phi) is 10.4. The second kappa shape index (κ2) is 15.7. The van der Waals surface area contributed by atoms with Crippen LogP contribution in [0.2, 0.25) is 13.1 Å². The molecular formula is C46H46N9O3Si+. The fourth-order valence-corrected chi connectivity index (χ4v) is 10.9. The molecular weight excluding hydrogens is 755 g/mol. The summed E-state index contributed by atoms with van der Waals surface area (Å²) in [4.78, 5) is 37.4. The molecule has 0 radical (unpaired) electrons. The minimum atomic E-state index is -2.25. The van der Waals surface area contributed by atoms with Crippen molar-refractivity contribution in [3.05, 3.63) is 149 Å². The van der Waals surface area contributed by atoms with Gasteiger partial charge in [0.15, 0.2) is 5.71 Å². The van der Waals surface area contributed by atoms with Crippen LogP contribution < -0.4 is 20.7 Å². The Bertz CT molecular complexity index is 2790. The van der Waals surface area contributed by atoms with Gasteiger partial charge in [0.05, 0.1) is 17.3 Å². The van der Waals surface area contributed by atoms with Gasteiger partial charge in [-0.25, -0.2) is 19.3 Å². The van der Waals surface area contributed by atoms with E-state index in [1.54, 1.807) is 29.2 Å². The van der Waals surface area contributed by atoms with Crippen molar-refractivity contribution in [3.63, 3.8) is 0 Å². The number of rotatable bonds is 11. The molecule has 8 rings (SSSR count). The lowest BCUT2D eigenvalue weighted by molar-refractivity contribution is -0.462. The van der Waals surface area contributed by atoms with E-state index in [9.17, 15) is 14.7 Å². The zero-order valence-electron chi connectivity index (χ0n) is 34.0. The summed E-state index contributed by atoms with van der Waals surface area (Å²) in [5.74, 6) is -0.603. The zero-order chi connectivity index (χ0) is 41.4. The highest BCUT2D eigenvalue weighted by Gasteiger charge is 2.41. The van der Waals surface area contributed by atoms with Gasteiger partial charge >= 0.3 is 5.97 Å². The first kappa shape index (κ1) is 38.9. The Morgan fingerprint density at radius 2 is 1.75 bits per heavy atom. The van der Waals surface area contributed by atoms with Crippen molar-refractivity contribution in [1.29, 1.82) is 0 Å². The normalized spacial score (nSPS) is 14.1. The van der Waals surface area contributed by atoms with Crippen LogP contribution in [0.25, 0.3) is 27.7 Å². The predicted molar refractivity (Wildman–Crippen MR) is 237 cm³/mol. The van der Waals surface area contributed by atoms with E-state index in [-0.39, 0.29) is 11.5 Å². The standard InChI is InChI=1S/C46H45N9O3Si/c1-53(2)32-16-19-36-41(25-32)59(5,6)42-26-33(54(3)4)17-20-37(42)43(36)38-24-30(15-18-34(38)46(57)58)45(56)47-21-10-22-55-27-40(51-52-55)29-11-9-12-31(23-29)50-44-35-13-7-8-14-39(35)48-28-49-44/h7-9,11-20,23-28H,10,21-22H2,1-6H3,(H2-,47,48,49,50,56,57,58)/p+1. The number of hydrogen-bond acceptors (Lipinski definition) is 8.